The number of thioether (sulfide) groups is 1. The highest BCUT2D eigenvalue weighted by atomic mass is 32.2. The lowest BCUT2D eigenvalue weighted by Gasteiger charge is -2.09. The Morgan fingerprint density at radius 3 is 2.66 bits per heavy atom. The Kier molecular flexibility index (Phi) is 7.00. The molecular weight excluding hydrogens is 441 g/mol. The summed E-state index contributed by atoms with van der Waals surface area (Å²) in [5.41, 5.74) is 0.479. The molecule has 0 saturated carbocycles. The smallest absolute Gasteiger partial charge is 0.337 e. The summed E-state index contributed by atoms with van der Waals surface area (Å²) in [6, 6.07) is 8.23. The number of benzene rings is 2. The highest BCUT2D eigenvalue weighted by molar-refractivity contribution is 8.18. The minimum atomic E-state index is -0.683. The number of carbonyl (C=O) groups excluding carboxylic acids is 3. The molecule has 2 N–H and O–H groups in total. The summed E-state index contributed by atoms with van der Waals surface area (Å²) in [6.45, 7) is 0. The Balaban J connectivity index is 1.86. The highest BCUT2D eigenvalue weighted by Gasteiger charge is 2.25. The van der Waals surface area contributed by atoms with E-state index in [4.69, 9.17) is 0 Å². The van der Waals surface area contributed by atoms with Gasteiger partial charge >= 0.3 is 11.9 Å². The van der Waals surface area contributed by atoms with Gasteiger partial charge in [0, 0.05) is 22.8 Å². The molecule has 1 aliphatic rings. The van der Waals surface area contributed by atoms with Gasteiger partial charge in [-0.15, -0.1) is 5.10 Å². The summed E-state index contributed by atoms with van der Waals surface area (Å²) >= 11 is 0.890. The Morgan fingerprint density at radius 2 is 1.94 bits per heavy atom. The second kappa shape index (κ2) is 9.88. The van der Waals surface area contributed by atoms with Crippen LogP contribution in [0, 0.1) is 5.82 Å². The summed E-state index contributed by atoms with van der Waals surface area (Å²) < 4.78 is 23.5. The van der Waals surface area contributed by atoms with Gasteiger partial charge in [0.1, 0.15) is 11.6 Å². The monoisotopic (exact) mass is 457 g/mol. The van der Waals surface area contributed by atoms with E-state index in [0.29, 0.717) is 0 Å². The Bertz CT molecular complexity index is 1190. The van der Waals surface area contributed by atoms with Crippen molar-refractivity contribution in [2.75, 3.05) is 14.2 Å². The van der Waals surface area contributed by atoms with Crippen LogP contribution in [-0.2, 0) is 19.1 Å². The maximum absolute atomic E-state index is 14.4. The van der Waals surface area contributed by atoms with Crippen LogP contribution in [-0.4, -0.2) is 48.6 Å². The van der Waals surface area contributed by atoms with Crippen molar-refractivity contribution in [2.45, 2.75) is 0 Å². The first kappa shape index (κ1) is 22.7. The number of phenolic OH excluding ortho intramolecular Hbond substituents is 1. The SMILES string of the molecule is COC(=O)/C=C1/S/C(=N\N=Cc2cccc(-c3cc(C(=O)OC)ccc3F)c2O)NC1=O. The molecule has 2 aromatic carbocycles. The Hall–Kier alpha value is -3.99. The molecule has 2 aromatic rings. The molecule has 1 aliphatic heterocycles. The van der Waals surface area contributed by atoms with E-state index < -0.39 is 23.7 Å². The van der Waals surface area contributed by atoms with Crippen molar-refractivity contribution in [1.82, 2.24) is 5.32 Å². The molecule has 0 aliphatic carbocycles. The number of amides is 1. The highest BCUT2D eigenvalue weighted by Crippen LogP contribution is 2.34. The third-order valence-electron chi connectivity index (χ3n) is 4.19. The first-order valence-electron chi connectivity index (χ1n) is 8.94. The number of methoxy groups -OCH3 is 2. The van der Waals surface area contributed by atoms with Crippen molar-refractivity contribution in [2.24, 2.45) is 10.2 Å². The number of nitrogens with one attached hydrogen (secondary N) is 1. The molecule has 1 amide bonds. The number of esters is 2. The molecule has 1 fully saturated rings. The number of hydrogen-bond acceptors (Lipinski definition) is 9. The van der Waals surface area contributed by atoms with Gasteiger partial charge in [-0.05, 0) is 36.0 Å². The maximum Gasteiger partial charge on any atom is 0.337 e. The minimum absolute atomic E-state index is 0.00293. The number of para-hydroxylation sites is 1. The Morgan fingerprint density at radius 1 is 1.16 bits per heavy atom. The zero-order valence-corrected chi connectivity index (χ0v) is 17.6. The second-order valence-corrected chi connectivity index (χ2v) is 7.20. The van der Waals surface area contributed by atoms with Crippen molar-refractivity contribution in [3.63, 3.8) is 0 Å². The molecule has 0 aromatic heterocycles. The van der Waals surface area contributed by atoms with E-state index in [9.17, 15) is 23.9 Å². The van der Waals surface area contributed by atoms with Crippen LogP contribution in [0.3, 0.4) is 0 Å². The third kappa shape index (κ3) is 5.01. The number of aromatic hydroxyl groups is 1. The van der Waals surface area contributed by atoms with E-state index in [1.54, 1.807) is 6.07 Å². The lowest BCUT2D eigenvalue weighted by molar-refractivity contribution is -0.135. The number of ether oxygens (including phenoxy) is 2. The number of hydrogen-bond donors (Lipinski definition) is 2. The summed E-state index contributed by atoms with van der Waals surface area (Å²) in [6.07, 6.45) is 2.24. The topological polar surface area (TPSA) is 127 Å². The van der Waals surface area contributed by atoms with E-state index in [-0.39, 0.29) is 38.1 Å². The van der Waals surface area contributed by atoms with Crippen LogP contribution in [0.2, 0.25) is 0 Å². The Labute approximate surface area is 185 Å². The maximum atomic E-state index is 14.4. The lowest BCUT2D eigenvalue weighted by atomic mass is 9.99. The van der Waals surface area contributed by atoms with Gasteiger partial charge in [-0.3, -0.25) is 10.1 Å². The molecule has 11 heteroatoms. The standard InChI is InChI=1S/C21H16FN3O6S/c1-30-17(26)9-16-19(28)24-21(32-16)25-23-10-12-4-3-5-13(18(12)27)14-8-11(20(29)31-2)6-7-15(14)22/h3-10,27H,1-2H3,(H,24,25,28)/b16-9+,23-10?. The second-order valence-electron chi connectivity index (χ2n) is 6.17. The zero-order valence-electron chi connectivity index (χ0n) is 16.8. The van der Waals surface area contributed by atoms with E-state index in [2.05, 4.69) is 25.0 Å². The van der Waals surface area contributed by atoms with Crippen LogP contribution in [0.25, 0.3) is 11.1 Å². The van der Waals surface area contributed by atoms with Crippen molar-refractivity contribution in [3.05, 3.63) is 64.3 Å². The van der Waals surface area contributed by atoms with Gasteiger partial charge in [-0.25, -0.2) is 14.0 Å². The van der Waals surface area contributed by atoms with E-state index in [1.807, 2.05) is 0 Å². The molecule has 0 unspecified atom stereocenters. The minimum Gasteiger partial charge on any atom is -0.507 e. The number of rotatable bonds is 5. The van der Waals surface area contributed by atoms with Crippen LogP contribution < -0.4 is 5.32 Å². The van der Waals surface area contributed by atoms with E-state index >= 15 is 0 Å². The van der Waals surface area contributed by atoms with Gasteiger partial charge in [-0.2, -0.15) is 5.10 Å². The molecule has 0 radical (unpaired) electrons. The molecular formula is C21H16FN3O6S. The quantitative estimate of drug-likeness (QED) is 0.306. The van der Waals surface area contributed by atoms with Crippen LogP contribution in [0.15, 0.2) is 57.6 Å². The lowest BCUT2D eigenvalue weighted by Crippen LogP contribution is -2.19. The molecule has 0 spiro atoms. The van der Waals surface area contributed by atoms with Crippen molar-refractivity contribution in [3.8, 4) is 16.9 Å². The molecule has 1 saturated heterocycles. The van der Waals surface area contributed by atoms with Gasteiger partial charge in [0.2, 0.25) is 0 Å². The van der Waals surface area contributed by atoms with Gasteiger partial charge in [-0.1, -0.05) is 12.1 Å². The summed E-state index contributed by atoms with van der Waals surface area (Å²) in [4.78, 5) is 34.9. The van der Waals surface area contributed by atoms with Crippen LogP contribution in [0.1, 0.15) is 15.9 Å². The molecule has 32 heavy (non-hydrogen) atoms. The van der Waals surface area contributed by atoms with Gasteiger partial charge in [0.25, 0.3) is 5.91 Å². The average Bonchev–Trinajstić information content (AvgIpc) is 3.13. The van der Waals surface area contributed by atoms with E-state index in [0.717, 1.165) is 23.9 Å². The number of carbonyl (C=O) groups is 3. The largest absolute Gasteiger partial charge is 0.507 e. The number of phenols is 1. The van der Waals surface area contributed by atoms with Crippen LogP contribution >= 0.6 is 11.8 Å². The predicted octanol–water partition coefficient (Wildman–Crippen LogP) is 2.59. The predicted molar refractivity (Wildman–Crippen MR) is 116 cm³/mol. The summed E-state index contributed by atoms with van der Waals surface area (Å²) in [7, 11) is 2.40. The van der Waals surface area contributed by atoms with Gasteiger partial charge in [0.05, 0.1) is 30.9 Å². The number of amidine groups is 1. The summed E-state index contributed by atoms with van der Waals surface area (Å²) in [5, 5.41) is 20.8. The van der Waals surface area contributed by atoms with Crippen LogP contribution in [0.5, 0.6) is 5.75 Å². The molecule has 3 rings (SSSR count). The van der Waals surface area contributed by atoms with Crippen molar-refractivity contribution >= 4 is 41.0 Å². The van der Waals surface area contributed by atoms with E-state index in [1.165, 1.54) is 44.7 Å². The summed E-state index contributed by atoms with van der Waals surface area (Å²) in [5.74, 6) is -2.78. The number of halogens is 1. The third-order valence-corrected chi connectivity index (χ3v) is 5.09. The average molecular weight is 457 g/mol. The fourth-order valence-electron chi connectivity index (χ4n) is 2.64. The molecule has 0 bridgehead atoms. The fourth-order valence-corrected chi connectivity index (χ4v) is 3.38. The first-order chi connectivity index (χ1) is 15.3. The van der Waals surface area contributed by atoms with Gasteiger partial charge < -0.3 is 14.6 Å². The molecule has 9 nitrogen and oxygen atoms in total. The molecule has 0 atom stereocenters. The zero-order chi connectivity index (χ0) is 23.3. The van der Waals surface area contributed by atoms with Gasteiger partial charge in [0.15, 0.2) is 5.17 Å². The van der Waals surface area contributed by atoms with Crippen molar-refractivity contribution in [1.29, 1.82) is 0 Å². The van der Waals surface area contributed by atoms with Crippen molar-refractivity contribution < 1.29 is 33.4 Å². The first-order valence-corrected chi connectivity index (χ1v) is 9.75. The molecule has 164 valence electrons. The normalized spacial score (nSPS) is 15.9. The molecule has 1 heterocycles. The van der Waals surface area contributed by atoms with Crippen LogP contribution in [0.4, 0.5) is 4.39 Å². The number of nitrogens with zero attached hydrogens (tertiary/aromatic N) is 2. The fraction of sp³-hybridized carbons (Fsp3) is 0.0952.